The summed E-state index contributed by atoms with van der Waals surface area (Å²) in [4.78, 5) is 16.4. The molecule has 1 aliphatic rings. The van der Waals surface area contributed by atoms with E-state index in [-0.39, 0.29) is 11.5 Å². The molecule has 1 fully saturated rings. The molecule has 0 saturated carbocycles. The molecule has 138 valence electrons. The van der Waals surface area contributed by atoms with E-state index in [9.17, 15) is 18.0 Å². The number of nitrogens with zero attached hydrogens (tertiary/aromatic N) is 2. The normalized spacial score (nSPS) is 15.9. The second-order valence-corrected chi connectivity index (χ2v) is 6.71. The molecule has 0 radical (unpaired) electrons. The molecular weight excluding hydrogens is 365 g/mol. The van der Waals surface area contributed by atoms with Crippen LogP contribution >= 0.6 is 11.6 Å². The molecule has 3 rings (SSSR count). The first-order chi connectivity index (χ1) is 12.3. The fourth-order valence-corrected chi connectivity index (χ4v) is 3.07. The van der Waals surface area contributed by atoms with E-state index >= 15 is 0 Å². The number of benzene rings is 2. The fraction of sp³-hybridized carbons (Fsp3) is 0.316. The summed E-state index contributed by atoms with van der Waals surface area (Å²) >= 11 is 5.88. The molecule has 2 aromatic rings. The molecule has 3 nitrogen and oxygen atoms in total. The van der Waals surface area contributed by atoms with Gasteiger partial charge in [-0.1, -0.05) is 23.7 Å². The molecule has 1 heterocycles. The van der Waals surface area contributed by atoms with Crippen molar-refractivity contribution >= 4 is 17.5 Å². The predicted molar refractivity (Wildman–Crippen MR) is 94.1 cm³/mol. The fourth-order valence-electron chi connectivity index (χ4n) is 2.94. The molecule has 26 heavy (non-hydrogen) atoms. The van der Waals surface area contributed by atoms with Crippen molar-refractivity contribution in [3.05, 3.63) is 70.2 Å². The number of piperazine rings is 1. The lowest BCUT2D eigenvalue weighted by atomic mass is 10.1. The topological polar surface area (TPSA) is 23.6 Å². The third kappa shape index (κ3) is 4.56. The van der Waals surface area contributed by atoms with Crippen molar-refractivity contribution in [1.82, 2.24) is 9.80 Å². The van der Waals surface area contributed by atoms with Crippen molar-refractivity contribution in [2.75, 3.05) is 26.2 Å². The number of rotatable bonds is 3. The summed E-state index contributed by atoms with van der Waals surface area (Å²) in [6, 6.07) is 12.0. The molecule has 2 aromatic carbocycles. The van der Waals surface area contributed by atoms with Crippen molar-refractivity contribution in [2.45, 2.75) is 12.7 Å². The Balaban J connectivity index is 1.55. The van der Waals surface area contributed by atoms with Crippen molar-refractivity contribution in [1.29, 1.82) is 0 Å². The summed E-state index contributed by atoms with van der Waals surface area (Å²) < 4.78 is 37.8. The van der Waals surface area contributed by atoms with Crippen LogP contribution < -0.4 is 0 Å². The molecule has 0 aliphatic carbocycles. The molecular formula is C19H18ClF3N2O. The van der Waals surface area contributed by atoms with Crippen LogP contribution in [0, 0.1) is 0 Å². The van der Waals surface area contributed by atoms with Gasteiger partial charge in [-0.2, -0.15) is 13.2 Å². The zero-order valence-electron chi connectivity index (χ0n) is 14.0. The zero-order valence-corrected chi connectivity index (χ0v) is 14.7. The number of carbonyl (C=O) groups excluding carboxylic acids is 1. The lowest BCUT2D eigenvalue weighted by Crippen LogP contribution is -2.48. The Morgan fingerprint density at radius 2 is 1.50 bits per heavy atom. The summed E-state index contributed by atoms with van der Waals surface area (Å²) in [6.45, 7) is 3.31. The van der Waals surface area contributed by atoms with E-state index in [2.05, 4.69) is 4.90 Å². The Labute approximate surface area is 155 Å². The lowest BCUT2D eigenvalue weighted by molar-refractivity contribution is -0.137. The highest BCUT2D eigenvalue weighted by Crippen LogP contribution is 2.29. The summed E-state index contributed by atoms with van der Waals surface area (Å²) in [6.07, 6.45) is -4.39. The minimum Gasteiger partial charge on any atom is -0.336 e. The first-order valence-electron chi connectivity index (χ1n) is 8.26. The van der Waals surface area contributed by atoms with E-state index in [1.807, 2.05) is 24.3 Å². The van der Waals surface area contributed by atoms with Gasteiger partial charge in [-0.3, -0.25) is 9.69 Å². The molecule has 1 amide bonds. The number of halogens is 4. The van der Waals surface area contributed by atoms with Gasteiger partial charge >= 0.3 is 6.18 Å². The first-order valence-corrected chi connectivity index (χ1v) is 8.64. The molecule has 7 heteroatoms. The largest absolute Gasteiger partial charge is 0.416 e. The van der Waals surface area contributed by atoms with E-state index < -0.39 is 11.7 Å². The Bertz CT molecular complexity index is 752. The number of carbonyl (C=O) groups is 1. The standard InChI is InChI=1S/C19H18ClF3N2O/c20-17-7-1-14(2-8-17)13-24-9-11-25(12-10-24)18(26)15-3-5-16(6-4-15)19(21,22)23/h1-8H,9-13H2. The molecule has 0 atom stereocenters. The van der Waals surface area contributed by atoms with Crippen molar-refractivity contribution in [3.63, 3.8) is 0 Å². The summed E-state index contributed by atoms with van der Waals surface area (Å²) in [7, 11) is 0. The third-order valence-corrected chi connectivity index (χ3v) is 4.69. The van der Waals surface area contributed by atoms with Crippen LogP contribution in [0.4, 0.5) is 13.2 Å². The Morgan fingerprint density at radius 3 is 2.04 bits per heavy atom. The van der Waals surface area contributed by atoms with Gasteiger partial charge in [-0.25, -0.2) is 0 Å². The maximum Gasteiger partial charge on any atom is 0.416 e. The third-order valence-electron chi connectivity index (χ3n) is 4.44. The smallest absolute Gasteiger partial charge is 0.336 e. The van der Waals surface area contributed by atoms with Crippen LogP contribution in [0.5, 0.6) is 0 Å². The highest BCUT2D eigenvalue weighted by Gasteiger charge is 2.30. The van der Waals surface area contributed by atoms with Crippen LogP contribution in [0.2, 0.25) is 5.02 Å². The number of amides is 1. The van der Waals surface area contributed by atoms with Gasteiger partial charge in [0.05, 0.1) is 5.56 Å². The first kappa shape index (κ1) is 18.7. The van der Waals surface area contributed by atoms with Gasteiger partial charge in [0.25, 0.3) is 5.91 Å². The molecule has 1 aliphatic heterocycles. The molecule has 0 unspecified atom stereocenters. The maximum absolute atomic E-state index is 12.6. The SMILES string of the molecule is O=C(c1ccc(C(F)(F)F)cc1)N1CCN(Cc2ccc(Cl)cc2)CC1. The van der Waals surface area contributed by atoms with Gasteiger partial charge in [-0.15, -0.1) is 0 Å². The number of hydrogen-bond acceptors (Lipinski definition) is 2. The van der Waals surface area contributed by atoms with Gasteiger partial charge in [0.1, 0.15) is 0 Å². The number of hydrogen-bond donors (Lipinski definition) is 0. The maximum atomic E-state index is 12.6. The van der Waals surface area contributed by atoms with Crippen LogP contribution in [0.1, 0.15) is 21.5 Å². The van der Waals surface area contributed by atoms with E-state index in [1.54, 1.807) is 4.90 Å². The van der Waals surface area contributed by atoms with Crippen LogP contribution in [-0.2, 0) is 12.7 Å². The Kier molecular flexibility index (Phi) is 5.53. The minimum atomic E-state index is -4.39. The van der Waals surface area contributed by atoms with Gasteiger partial charge in [0.15, 0.2) is 0 Å². The minimum absolute atomic E-state index is 0.232. The van der Waals surface area contributed by atoms with Gasteiger partial charge in [0, 0.05) is 43.3 Å². The molecule has 0 N–H and O–H groups in total. The van der Waals surface area contributed by atoms with Crippen LogP contribution in [0.3, 0.4) is 0 Å². The highest BCUT2D eigenvalue weighted by atomic mass is 35.5. The van der Waals surface area contributed by atoms with Crippen molar-refractivity contribution < 1.29 is 18.0 Å². The van der Waals surface area contributed by atoms with E-state index in [0.29, 0.717) is 18.1 Å². The lowest BCUT2D eigenvalue weighted by Gasteiger charge is -2.34. The van der Waals surface area contributed by atoms with E-state index in [4.69, 9.17) is 11.6 Å². The predicted octanol–water partition coefficient (Wildman–Crippen LogP) is 4.32. The quantitative estimate of drug-likeness (QED) is 0.789. The van der Waals surface area contributed by atoms with Crippen LogP contribution in [0.15, 0.2) is 48.5 Å². The van der Waals surface area contributed by atoms with E-state index in [1.165, 1.54) is 12.1 Å². The number of alkyl halides is 3. The molecule has 0 bridgehead atoms. The van der Waals surface area contributed by atoms with Crippen LogP contribution in [-0.4, -0.2) is 41.9 Å². The van der Waals surface area contributed by atoms with E-state index in [0.717, 1.165) is 37.3 Å². The van der Waals surface area contributed by atoms with Crippen LogP contribution in [0.25, 0.3) is 0 Å². The highest BCUT2D eigenvalue weighted by molar-refractivity contribution is 6.30. The second kappa shape index (κ2) is 7.68. The summed E-state index contributed by atoms with van der Waals surface area (Å²) in [5, 5.41) is 0.695. The average molecular weight is 383 g/mol. The monoisotopic (exact) mass is 382 g/mol. The second-order valence-electron chi connectivity index (χ2n) is 6.27. The molecule has 0 aromatic heterocycles. The molecule has 1 saturated heterocycles. The van der Waals surface area contributed by atoms with Crippen molar-refractivity contribution in [3.8, 4) is 0 Å². The zero-order chi connectivity index (χ0) is 18.7. The Morgan fingerprint density at radius 1 is 0.923 bits per heavy atom. The average Bonchev–Trinajstić information content (AvgIpc) is 2.63. The van der Waals surface area contributed by atoms with Gasteiger partial charge in [-0.05, 0) is 42.0 Å². The van der Waals surface area contributed by atoms with Gasteiger partial charge in [0.2, 0.25) is 0 Å². The Hall–Kier alpha value is -2.05. The van der Waals surface area contributed by atoms with Gasteiger partial charge < -0.3 is 4.90 Å². The summed E-state index contributed by atoms with van der Waals surface area (Å²) in [5.41, 5.74) is 0.683. The van der Waals surface area contributed by atoms with Crippen molar-refractivity contribution in [2.24, 2.45) is 0 Å². The molecule has 0 spiro atoms. The summed E-state index contributed by atoms with van der Waals surface area (Å²) in [5.74, 6) is -0.232.